The molecule has 0 spiro atoms. The van der Waals surface area contributed by atoms with E-state index < -0.39 is 18.1 Å². The summed E-state index contributed by atoms with van der Waals surface area (Å²) in [4.78, 5) is 27.0. The molecule has 0 aliphatic rings. The number of nitrogens with zero attached hydrogens (tertiary/aromatic N) is 1. The lowest BCUT2D eigenvalue weighted by molar-refractivity contribution is -0.175. The van der Waals surface area contributed by atoms with Crippen LogP contribution in [0.5, 0.6) is 0 Å². The average Bonchev–Trinajstić information content (AvgIpc) is 2.30. The highest BCUT2D eigenvalue weighted by Gasteiger charge is 2.40. The van der Waals surface area contributed by atoms with Gasteiger partial charge in [0.1, 0.15) is 0 Å². The number of rotatable bonds is 6. The summed E-state index contributed by atoms with van der Waals surface area (Å²) in [6.07, 6.45) is -4.81. The number of halogens is 3. The van der Waals surface area contributed by atoms with Gasteiger partial charge in [-0.1, -0.05) is 13.8 Å². The molecule has 0 radical (unpaired) electrons. The Labute approximate surface area is 110 Å². The van der Waals surface area contributed by atoms with Crippen molar-refractivity contribution >= 4 is 11.8 Å². The summed E-state index contributed by atoms with van der Waals surface area (Å²) >= 11 is 0. The molecule has 0 fully saturated rings. The molecule has 19 heavy (non-hydrogen) atoms. The number of alkyl halides is 3. The number of hydroxylamine groups is 2. The molecule has 0 aliphatic heterocycles. The third kappa shape index (κ3) is 6.42. The van der Waals surface area contributed by atoms with Crippen molar-refractivity contribution in [1.82, 2.24) is 10.4 Å². The molecule has 2 amide bonds. The number of carbonyl (C=O) groups excluding carboxylic acids is 2. The van der Waals surface area contributed by atoms with Gasteiger partial charge in [0.15, 0.2) is 0 Å². The minimum absolute atomic E-state index is 0.00861. The predicted molar refractivity (Wildman–Crippen MR) is 61.8 cm³/mol. The van der Waals surface area contributed by atoms with Crippen molar-refractivity contribution in [3.63, 3.8) is 0 Å². The third-order valence-electron chi connectivity index (χ3n) is 2.67. The smallest absolute Gasteiger partial charge is 0.345 e. The number of hydrogen-bond acceptors (Lipinski definition) is 3. The third-order valence-corrected chi connectivity index (χ3v) is 2.67. The van der Waals surface area contributed by atoms with Crippen LogP contribution in [0.25, 0.3) is 0 Å². The second kappa shape index (κ2) is 7.32. The quantitative estimate of drug-likeness (QED) is 0.752. The van der Waals surface area contributed by atoms with Crippen LogP contribution in [0.15, 0.2) is 0 Å². The molecule has 0 saturated heterocycles. The van der Waals surface area contributed by atoms with Crippen molar-refractivity contribution in [2.24, 2.45) is 5.92 Å². The first kappa shape index (κ1) is 17.7. The van der Waals surface area contributed by atoms with E-state index in [9.17, 15) is 22.8 Å². The van der Waals surface area contributed by atoms with Crippen LogP contribution in [0.3, 0.4) is 0 Å². The molecule has 0 aromatic carbocycles. The van der Waals surface area contributed by atoms with Crippen LogP contribution in [-0.2, 0) is 14.4 Å². The summed E-state index contributed by atoms with van der Waals surface area (Å²) in [5.41, 5.74) is 0. The minimum Gasteiger partial charge on any atom is -0.345 e. The Kier molecular flexibility index (Phi) is 6.82. The van der Waals surface area contributed by atoms with E-state index >= 15 is 0 Å². The van der Waals surface area contributed by atoms with Crippen molar-refractivity contribution in [2.75, 3.05) is 14.2 Å². The van der Waals surface area contributed by atoms with Gasteiger partial charge in [0, 0.05) is 19.5 Å². The Morgan fingerprint density at radius 2 is 1.84 bits per heavy atom. The molecule has 5 nitrogen and oxygen atoms in total. The molecule has 0 aromatic heterocycles. The van der Waals surface area contributed by atoms with Gasteiger partial charge in [-0.15, -0.1) is 0 Å². The fourth-order valence-electron chi connectivity index (χ4n) is 1.36. The molecule has 0 aromatic rings. The molecular formula is C11H19F3N2O3. The van der Waals surface area contributed by atoms with E-state index in [1.54, 1.807) is 13.8 Å². The first-order chi connectivity index (χ1) is 8.59. The fourth-order valence-corrected chi connectivity index (χ4v) is 1.36. The van der Waals surface area contributed by atoms with E-state index in [0.717, 1.165) is 5.06 Å². The van der Waals surface area contributed by atoms with E-state index in [0.29, 0.717) is 0 Å². The van der Waals surface area contributed by atoms with E-state index in [2.05, 4.69) is 4.84 Å². The molecule has 0 bridgehead atoms. The zero-order chi connectivity index (χ0) is 15.2. The van der Waals surface area contributed by atoms with Crippen LogP contribution in [0.2, 0.25) is 0 Å². The van der Waals surface area contributed by atoms with Gasteiger partial charge >= 0.3 is 12.1 Å². The highest BCUT2D eigenvalue weighted by atomic mass is 19.4. The summed E-state index contributed by atoms with van der Waals surface area (Å²) in [7, 11) is 2.71. The first-order valence-corrected chi connectivity index (χ1v) is 5.78. The molecule has 0 heterocycles. The lowest BCUT2D eigenvalue weighted by Gasteiger charge is -2.23. The zero-order valence-electron chi connectivity index (χ0n) is 11.4. The van der Waals surface area contributed by atoms with Crippen molar-refractivity contribution in [1.29, 1.82) is 0 Å². The SMILES string of the molecule is CON(C)C(=O)CC[C@H](NC(=O)C(F)(F)F)C(C)C. The van der Waals surface area contributed by atoms with E-state index in [-0.39, 0.29) is 24.7 Å². The maximum Gasteiger partial charge on any atom is 0.471 e. The number of carbonyl (C=O) groups is 2. The van der Waals surface area contributed by atoms with Crippen molar-refractivity contribution in [3.8, 4) is 0 Å². The molecule has 0 unspecified atom stereocenters. The highest BCUT2D eigenvalue weighted by molar-refractivity contribution is 5.82. The van der Waals surface area contributed by atoms with Gasteiger partial charge < -0.3 is 5.32 Å². The Morgan fingerprint density at radius 3 is 2.21 bits per heavy atom. The summed E-state index contributed by atoms with van der Waals surface area (Å²) < 4.78 is 36.4. The Balaban J connectivity index is 4.44. The normalized spacial score (nSPS) is 13.3. The number of nitrogens with one attached hydrogen (secondary N) is 1. The maximum atomic E-state index is 12.1. The van der Waals surface area contributed by atoms with E-state index in [4.69, 9.17) is 0 Å². The van der Waals surface area contributed by atoms with Crippen molar-refractivity contribution in [2.45, 2.75) is 38.9 Å². The van der Waals surface area contributed by atoms with Crippen molar-refractivity contribution in [3.05, 3.63) is 0 Å². The molecule has 0 aliphatic carbocycles. The fraction of sp³-hybridized carbons (Fsp3) is 0.818. The standard InChI is InChI=1S/C11H19F3N2O3/c1-7(2)8(15-10(18)11(12,13)14)5-6-9(17)16(3)19-4/h7-8H,5-6H2,1-4H3,(H,15,18)/t8-/m0/s1. The molecule has 0 saturated carbocycles. The monoisotopic (exact) mass is 284 g/mol. The molecule has 8 heteroatoms. The van der Waals surface area contributed by atoms with E-state index in [1.807, 2.05) is 5.32 Å². The van der Waals surface area contributed by atoms with Crippen LogP contribution in [0.1, 0.15) is 26.7 Å². The van der Waals surface area contributed by atoms with Gasteiger partial charge in [0.2, 0.25) is 5.91 Å². The topological polar surface area (TPSA) is 58.6 Å². The van der Waals surface area contributed by atoms with Crippen LogP contribution in [0, 0.1) is 5.92 Å². The van der Waals surface area contributed by atoms with Crippen LogP contribution in [0.4, 0.5) is 13.2 Å². The predicted octanol–water partition coefficient (Wildman–Crippen LogP) is 1.49. The highest BCUT2D eigenvalue weighted by Crippen LogP contribution is 2.17. The second-order valence-corrected chi connectivity index (χ2v) is 4.43. The zero-order valence-corrected chi connectivity index (χ0v) is 11.4. The Bertz CT molecular complexity index is 319. The molecule has 1 N–H and O–H groups in total. The summed E-state index contributed by atoms with van der Waals surface area (Å²) in [5, 5.41) is 2.88. The summed E-state index contributed by atoms with van der Waals surface area (Å²) in [5.74, 6) is -2.57. The van der Waals surface area contributed by atoms with Crippen molar-refractivity contribution < 1.29 is 27.6 Å². The van der Waals surface area contributed by atoms with Gasteiger partial charge in [0.05, 0.1) is 7.11 Å². The largest absolute Gasteiger partial charge is 0.471 e. The van der Waals surface area contributed by atoms with Gasteiger partial charge in [-0.05, 0) is 12.3 Å². The van der Waals surface area contributed by atoms with Crippen LogP contribution >= 0.6 is 0 Å². The number of hydrogen-bond donors (Lipinski definition) is 1. The Hall–Kier alpha value is -1.31. The summed E-state index contributed by atoms with van der Waals surface area (Å²) in [6.45, 7) is 3.34. The van der Waals surface area contributed by atoms with Crippen LogP contribution < -0.4 is 5.32 Å². The Morgan fingerprint density at radius 1 is 1.32 bits per heavy atom. The van der Waals surface area contributed by atoms with Gasteiger partial charge in [0.25, 0.3) is 0 Å². The summed E-state index contributed by atoms with van der Waals surface area (Å²) in [6, 6.07) is -0.719. The molecular weight excluding hydrogens is 265 g/mol. The lowest BCUT2D eigenvalue weighted by Crippen LogP contribution is -2.45. The molecule has 1 atom stereocenters. The van der Waals surface area contributed by atoms with E-state index in [1.165, 1.54) is 14.2 Å². The van der Waals surface area contributed by atoms with Gasteiger partial charge in [-0.2, -0.15) is 13.2 Å². The second-order valence-electron chi connectivity index (χ2n) is 4.43. The maximum absolute atomic E-state index is 12.1. The molecule has 112 valence electrons. The molecule has 0 rings (SSSR count). The van der Waals surface area contributed by atoms with Crippen LogP contribution in [-0.4, -0.2) is 43.3 Å². The average molecular weight is 284 g/mol. The van der Waals surface area contributed by atoms with Gasteiger partial charge in [-0.3, -0.25) is 14.4 Å². The van der Waals surface area contributed by atoms with Gasteiger partial charge in [-0.25, -0.2) is 5.06 Å². The first-order valence-electron chi connectivity index (χ1n) is 5.78. The lowest BCUT2D eigenvalue weighted by atomic mass is 9.99. The minimum atomic E-state index is -4.92. The number of amides is 2.